The molecule has 0 aromatic rings. The molecule has 1 unspecified atom stereocenters. The third-order valence-electron chi connectivity index (χ3n) is 3.11. The molecule has 94 valence electrons. The summed E-state index contributed by atoms with van der Waals surface area (Å²) in [7, 11) is -1.71. The molecule has 0 aromatic heterocycles. The van der Waals surface area contributed by atoms with E-state index in [-0.39, 0.29) is 24.6 Å². The lowest BCUT2D eigenvalue weighted by Gasteiger charge is -2.23. The lowest BCUT2D eigenvalue weighted by molar-refractivity contribution is -0.137. The Hall–Kier alpha value is -0.620. The highest BCUT2D eigenvalue weighted by Crippen LogP contribution is 2.35. The highest BCUT2D eigenvalue weighted by molar-refractivity contribution is 7.89. The molecular formula is C10H19NO4S. The van der Waals surface area contributed by atoms with E-state index in [2.05, 4.69) is 0 Å². The lowest BCUT2D eigenvalue weighted by Crippen LogP contribution is -2.38. The molecule has 0 amide bonds. The van der Waals surface area contributed by atoms with Crippen molar-refractivity contribution in [2.24, 2.45) is 5.92 Å². The molecule has 0 bridgehead atoms. The average molecular weight is 249 g/mol. The summed E-state index contributed by atoms with van der Waals surface area (Å²) < 4.78 is 25.0. The van der Waals surface area contributed by atoms with E-state index < -0.39 is 16.0 Å². The smallest absolute Gasteiger partial charge is 0.303 e. The van der Waals surface area contributed by atoms with Crippen LogP contribution in [0.25, 0.3) is 0 Å². The van der Waals surface area contributed by atoms with Gasteiger partial charge >= 0.3 is 5.97 Å². The van der Waals surface area contributed by atoms with Gasteiger partial charge in [-0.25, -0.2) is 12.7 Å². The Morgan fingerprint density at radius 1 is 1.50 bits per heavy atom. The fraction of sp³-hybridized carbons (Fsp3) is 0.900. The highest BCUT2D eigenvalue weighted by atomic mass is 32.2. The molecule has 0 heterocycles. The molecule has 1 aliphatic rings. The van der Waals surface area contributed by atoms with E-state index in [0.29, 0.717) is 5.92 Å². The molecule has 0 spiro atoms. The van der Waals surface area contributed by atoms with Gasteiger partial charge in [0.05, 0.1) is 5.75 Å². The predicted octanol–water partition coefficient (Wildman–Crippen LogP) is 0.911. The Balaban J connectivity index is 2.45. The monoisotopic (exact) mass is 249 g/mol. The Bertz CT molecular complexity index is 348. The third-order valence-corrected chi connectivity index (χ3v) is 5.12. The number of nitrogens with zero attached hydrogens (tertiary/aromatic N) is 1. The number of carbonyl (C=O) groups is 1. The summed E-state index contributed by atoms with van der Waals surface area (Å²) in [6.07, 6.45) is 2.27. The first-order valence-corrected chi connectivity index (χ1v) is 7.13. The van der Waals surface area contributed by atoms with Crippen LogP contribution < -0.4 is 0 Å². The highest BCUT2D eigenvalue weighted by Gasteiger charge is 2.34. The Labute approximate surface area is 96.5 Å². The number of hydrogen-bond donors (Lipinski definition) is 1. The summed E-state index contributed by atoms with van der Waals surface area (Å²) in [5.41, 5.74) is 0. The molecule has 5 nitrogen and oxygen atoms in total. The van der Waals surface area contributed by atoms with E-state index in [1.54, 1.807) is 7.05 Å². The summed E-state index contributed by atoms with van der Waals surface area (Å²) in [6.45, 7) is 1.91. The number of sulfonamides is 1. The summed E-state index contributed by atoms with van der Waals surface area (Å²) in [5, 5.41) is 8.45. The average Bonchev–Trinajstić information content (AvgIpc) is 2.97. The maximum absolute atomic E-state index is 11.8. The summed E-state index contributed by atoms with van der Waals surface area (Å²) in [6, 6.07) is 0.0369. The molecule has 1 N–H and O–H groups in total. The van der Waals surface area contributed by atoms with Gasteiger partial charge in [-0.05, 0) is 32.1 Å². The minimum Gasteiger partial charge on any atom is -0.481 e. The van der Waals surface area contributed by atoms with Crippen molar-refractivity contribution in [1.82, 2.24) is 4.31 Å². The Kier molecular flexibility index (Phi) is 4.32. The van der Waals surface area contributed by atoms with Gasteiger partial charge in [0, 0.05) is 19.5 Å². The first-order valence-electron chi connectivity index (χ1n) is 5.52. The molecule has 0 saturated heterocycles. The summed E-state index contributed by atoms with van der Waals surface area (Å²) in [4.78, 5) is 10.3. The molecule has 1 rings (SSSR count). The number of carboxylic acid groups (broad SMARTS) is 1. The molecule has 16 heavy (non-hydrogen) atoms. The first-order chi connectivity index (χ1) is 7.34. The maximum Gasteiger partial charge on any atom is 0.303 e. The van der Waals surface area contributed by atoms with Gasteiger partial charge in [-0.2, -0.15) is 0 Å². The van der Waals surface area contributed by atoms with Crippen LogP contribution in [0.4, 0.5) is 0 Å². The number of carboxylic acids is 1. The van der Waals surface area contributed by atoms with Crippen LogP contribution in [0.1, 0.15) is 32.6 Å². The van der Waals surface area contributed by atoms with Crippen LogP contribution in [0.15, 0.2) is 0 Å². The van der Waals surface area contributed by atoms with E-state index >= 15 is 0 Å². The molecule has 0 aliphatic heterocycles. The van der Waals surface area contributed by atoms with E-state index in [1.165, 1.54) is 4.31 Å². The second-order valence-electron chi connectivity index (χ2n) is 4.41. The SMILES string of the molecule is CC(C1CC1)N(C)S(=O)(=O)CCCC(=O)O. The van der Waals surface area contributed by atoms with Crippen molar-refractivity contribution in [2.45, 2.75) is 38.6 Å². The molecule has 1 atom stereocenters. The molecule has 1 fully saturated rings. The van der Waals surface area contributed by atoms with Crippen molar-refractivity contribution in [3.8, 4) is 0 Å². The normalized spacial score (nSPS) is 18.7. The number of aliphatic carboxylic acids is 1. The zero-order valence-electron chi connectivity index (χ0n) is 9.72. The molecule has 0 radical (unpaired) electrons. The van der Waals surface area contributed by atoms with Gasteiger partial charge in [0.15, 0.2) is 0 Å². The summed E-state index contributed by atoms with van der Waals surface area (Å²) >= 11 is 0. The van der Waals surface area contributed by atoms with E-state index in [1.807, 2.05) is 6.92 Å². The third kappa shape index (κ3) is 3.75. The molecule has 6 heteroatoms. The van der Waals surface area contributed by atoms with Crippen molar-refractivity contribution in [3.05, 3.63) is 0 Å². The van der Waals surface area contributed by atoms with Crippen molar-refractivity contribution >= 4 is 16.0 Å². The standard InChI is InChI=1S/C10H19NO4S/c1-8(9-5-6-9)11(2)16(14,15)7-3-4-10(12)13/h8-9H,3-7H2,1-2H3,(H,12,13). The van der Waals surface area contributed by atoms with Gasteiger partial charge < -0.3 is 5.11 Å². The van der Waals surface area contributed by atoms with Crippen molar-refractivity contribution in [3.63, 3.8) is 0 Å². The van der Waals surface area contributed by atoms with Crippen LogP contribution in [0.2, 0.25) is 0 Å². The fourth-order valence-electron chi connectivity index (χ4n) is 1.68. The topological polar surface area (TPSA) is 74.7 Å². The van der Waals surface area contributed by atoms with Crippen LogP contribution in [0, 0.1) is 5.92 Å². The van der Waals surface area contributed by atoms with Crippen molar-refractivity contribution < 1.29 is 18.3 Å². The molecule has 1 aliphatic carbocycles. The fourth-order valence-corrected chi connectivity index (χ4v) is 3.15. The van der Waals surface area contributed by atoms with E-state index in [4.69, 9.17) is 5.11 Å². The molecule has 1 saturated carbocycles. The minimum atomic E-state index is -3.29. The maximum atomic E-state index is 11.8. The van der Waals surface area contributed by atoms with Gasteiger partial charge in [-0.15, -0.1) is 0 Å². The second-order valence-corrected chi connectivity index (χ2v) is 6.56. The molecule has 0 aromatic carbocycles. The second kappa shape index (κ2) is 5.14. The van der Waals surface area contributed by atoms with Crippen LogP contribution in [0.5, 0.6) is 0 Å². The van der Waals surface area contributed by atoms with Crippen molar-refractivity contribution in [1.29, 1.82) is 0 Å². The van der Waals surface area contributed by atoms with Crippen LogP contribution in [-0.2, 0) is 14.8 Å². The van der Waals surface area contributed by atoms with Crippen molar-refractivity contribution in [2.75, 3.05) is 12.8 Å². The number of hydrogen-bond acceptors (Lipinski definition) is 3. The quantitative estimate of drug-likeness (QED) is 0.727. The van der Waals surface area contributed by atoms with Gasteiger partial charge in [0.25, 0.3) is 0 Å². The van der Waals surface area contributed by atoms with Crippen LogP contribution >= 0.6 is 0 Å². The molecular weight excluding hydrogens is 230 g/mol. The Morgan fingerprint density at radius 3 is 2.50 bits per heavy atom. The van der Waals surface area contributed by atoms with Gasteiger partial charge in [0.2, 0.25) is 10.0 Å². The van der Waals surface area contributed by atoms with Crippen LogP contribution in [0.3, 0.4) is 0 Å². The first kappa shape index (κ1) is 13.4. The van der Waals surface area contributed by atoms with Gasteiger partial charge in [-0.1, -0.05) is 0 Å². The summed E-state index contributed by atoms with van der Waals surface area (Å²) in [5.74, 6) is -0.542. The van der Waals surface area contributed by atoms with E-state index in [9.17, 15) is 13.2 Å². The largest absolute Gasteiger partial charge is 0.481 e. The zero-order chi connectivity index (χ0) is 12.3. The minimum absolute atomic E-state index is 0.0369. The van der Waals surface area contributed by atoms with Gasteiger partial charge in [0.1, 0.15) is 0 Å². The lowest BCUT2D eigenvalue weighted by atomic mass is 10.2. The van der Waals surface area contributed by atoms with Gasteiger partial charge in [-0.3, -0.25) is 4.79 Å². The zero-order valence-corrected chi connectivity index (χ0v) is 10.5. The number of rotatable bonds is 7. The van der Waals surface area contributed by atoms with E-state index in [0.717, 1.165) is 12.8 Å². The van der Waals surface area contributed by atoms with Crippen LogP contribution in [-0.4, -0.2) is 42.6 Å². The predicted molar refractivity (Wildman–Crippen MR) is 60.6 cm³/mol. The Morgan fingerprint density at radius 2 is 2.06 bits per heavy atom.